The molecule has 0 spiro atoms. The molecule has 2 aliphatic heterocycles. The van der Waals surface area contributed by atoms with Crippen molar-refractivity contribution in [1.29, 1.82) is 0 Å². The molecule has 6 nitrogen and oxygen atoms in total. The van der Waals surface area contributed by atoms with Crippen LogP contribution in [0.1, 0.15) is 36.2 Å². The lowest BCUT2D eigenvalue weighted by atomic mass is 10.00. The van der Waals surface area contributed by atoms with Gasteiger partial charge in [-0.05, 0) is 44.2 Å². The van der Waals surface area contributed by atoms with E-state index in [4.69, 9.17) is 4.74 Å². The Morgan fingerprint density at radius 1 is 1.30 bits per heavy atom. The van der Waals surface area contributed by atoms with Gasteiger partial charge in [0.2, 0.25) is 5.95 Å². The molecule has 1 N–H and O–H groups in total. The van der Waals surface area contributed by atoms with Crippen LogP contribution >= 0.6 is 0 Å². The first-order valence-electron chi connectivity index (χ1n) is 8.20. The fourth-order valence-electron chi connectivity index (χ4n) is 3.29. The van der Waals surface area contributed by atoms with Crippen molar-refractivity contribution >= 4 is 11.9 Å². The van der Waals surface area contributed by atoms with Gasteiger partial charge in [0.1, 0.15) is 11.6 Å². The lowest BCUT2D eigenvalue weighted by Gasteiger charge is -2.25. The Labute approximate surface area is 134 Å². The second-order valence-electron chi connectivity index (χ2n) is 6.29. The van der Waals surface area contributed by atoms with Crippen molar-refractivity contribution in [2.45, 2.75) is 51.7 Å². The zero-order chi connectivity index (χ0) is 15.8. The highest BCUT2D eigenvalue weighted by Gasteiger charge is 2.28. The third-order valence-corrected chi connectivity index (χ3v) is 4.55. The molecule has 2 aromatic rings. The van der Waals surface area contributed by atoms with Gasteiger partial charge in [0.25, 0.3) is 5.91 Å². The average Bonchev–Trinajstić information content (AvgIpc) is 2.97. The van der Waals surface area contributed by atoms with Gasteiger partial charge in [0, 0.05) is 13.0 Å². The number of benzene rings is 1. The first kappa shape index (κ1) is 14.2. The van der Waals surface area contributed by atoms with Gasteiger partial charge in [-0.15, -0.1) is 10.2 Å². The SMILES string of the molecule is Cc1ccc2c(c1)CC[C@@H](C(=O)Nc1nnc3n1CCCC3)O2. The Hall–Kier alpha value is -2.37. The molecular weight excluding hydrogens is 292 g/mol. The Bertz CT molecular complexity index is 753. The Balaban J connectivity index is 1.48. The van der Waals surface area contributed by atoms with Crippen molar-refractivity contribution in [3.63, 3.8) is 0 Å². The van der Waals surface area contributed by atoms with E-state index in [1.165, 1.54) is 11.1 Å². The summed E-state index contributed by atoms with van der Waals surface area (Å²) in [7, 11) is 0. The zero-order valence-corrected chi connectivity index (χ0v) is 13.2. The minimum absolute atomic E-state index is 0.142. The van der Waals surface area contributed by atoms with Crippen LogP contribution in [0.15, 0.2) is 18.2 Å². The standard InChI is InChI=1S/C17H20N4O2/c1-11-5-7-13-12(10-11)6-8-14(23-13)16(22)18-17-20-19-15-4-2-3-9-21(15)17/h5,7,10,14H,2-4,6,8-9H2,1H3,(H,18,20,22)/t14-/m0/s1. The first-order chi connectivity index (χ1) is 11.2. The molecular formula is C17H20N4O2. The van der Waals surface area contributed by atoms with Crippen LogP contribution in [0.5, 0.6) is 5.75 Å². The number of nitrogens with zero attached hydrogens (tertiary/aromatic N) is 3. The maximum Gasteiger partial charge on any atom is 0.267 e. The number of aryl methyl sites for hydroxylation is 3. The first-order valence-corrected chi connectivity index (χ1v) is 8.20. The smallest absolute Gasteiger partial charge is 0.267 e. The second-order valence-corrected chi connectivity index (χ2v) is 6.29. The van der Waals surface area contributed by atoms with Crippen molar-refractivity contribution in [2.75, 3.05) is 5.32 Å². The average molecular weight is 312 g/mol. The van der Waals surface area contributed by atoms with Crippen molar-refractivity contribution in [2.24, 2.45) is 0 Å². The Kier molecular flexibility index (Phi) is 3.52. The molecule has 0 saturated heterocycles. The Morgan fingerprint density at radius 3 is 3.13 bits per heavy atom. The van der Waals surface area contributed by atoms with Gasteiger partial charge in [-0.25, -0.2) is 0 Å². The molecule has 0 saturated carbocycles. The van der Waals surface area contributed by atoms with E-state index in [-0.39, 0.29) is 5.91 Å². The van der Waals surface area contributed by atoms with Crippen molar-refractivity contribution in [1.82, 2.24) is 14.8 Å². The normalized spacial score (nSPS) is 19.4. The van der Waals surface area contributed by atoms with Gasteiger partial charge < -0.3 is 4.74 Å². The van der Waals surface area contributed by atoms with Crippen LogP contribution in [-0.2, 0) is 24.2 Å². The predicted molar refractivity (Wildman–Crippen MR) is 85.5 cm³/mol. The third kappa shape index (κ3) is 2.69. The fraction of sp³-hybridized carbons (Fsp3) is 0.471. The summed E-state index contributed by atoms with van der Waals surface area (Å²) in [4.78, 5) is 12.5. The van der Waals surface area contributed by atoms with Crippen LogP contribution in [0.2, 0.25) is 0 Å². The summed E-state index contributed by atoms with van der Waals surface area (Å²) in [6.07, 6.45) is 4.22. The van der Waals surface area contributed by atoms with Crippen molar-refractivity contribution in [3.8, 4) is 5.75 Å². The molecule has 1 aromatic heterocycles. The van der Waals surface area contributed by atoms with E-state index in [1.54, 1.807) is 0 Å². The number of carbonyl (C=O) groups excluding carboxylic acids is 1. The molecule has 0 fully saturated rings. The highest BCUT2D eigenvalue weighted by atomic mass is 16.5. The summed E-state index contributed by atoms with van der Waals surface area (Å²) in [5.74, 6) is 2.17. The van der Waals surface area contributed by atoms with E-state index >= 15 is 0 Å². The molecule has 120 valence electrons. The van der Waals surface area contributed by atoms with Gasteiger partial charge in [0.15, 0.2) is 6.10 Å². The molecule has 6 heteroatoms. The zero-order valence-electron chi connectivity index (χ0n) is 13.2. The third-order valence-electron chi connectivity index (χ3n) is 4.55. The summed E-state index contributed by atoms with van der Waals surface area (Å²) in [6, 6.07) is 6.08. The second kappa shape index (κ2) is 5.68. The van der Waals surface area contributed by atoms with E-state index in [0.717, 1.165) is 43.8 Å². The highest BCUT2D eigenvalue weighted by molar-refractivity contribution is 5.93. The Morgan fingerprint density at radius 2 is 2.22 bits per heavy atom. The molecule has 3 heterocycles. The van der Waals surface area contributed by atoms with Crippen molar-refractivity contribution < 1.29 is 9.53 Å². The highest BCUT2D eigenvalue weighted by Crippen LogP contribution is 2.29. The molecule has 4 rings (SSSR count). The molecule has 0 radical (unpaired) electrons. The van der Waals surface area contributed by atoms with E-state index in [1.807, 2.05) is 16.7 Å². The topological polar surface area (TPSA) is 69.0 Å². The van der Waals surface area contributed by atoms with Crippen LogP contribution < -0.4 is 10.1 Å². The number of aromatic nitrogens is 3. The van der Waals surface area contributed by atoms with Gasteiger partial charge >= 0.3 is 0 Å². The van der Waals surface area contributed by atoms with Crippen LogP contribution in [0.4, 0.5) is 5.95 Å². The lowest BCUT2D eigenvalue weighted by Crippen LogP contribution is -2.36. The van der Waals surface area contributed by atoms with Gasteiger partial charge in [-0.3, -0.25) is 14.7 Å². The van der Waals surface area contributed by atoms with Crippen molar-refractivity contribution in [3.05, 3.63) is 35.2 Å². The summed E-state index contributed by atoms with van der Waals surface area (Å²) in [5.41, 5.74) is 2.39. The van der Waals surface area contributed by atoms with Crippen LogP contribution in [-0.4, -0.2) is 26.8 Å². The minimum Gasteiger partial charge on any atom is -0.480 e. The number of hydrogen-bond donors (Lipinski definition) is 1. The lowest BCUT2D eigenvalue weighted by molar-refractivity contribution is -0.123. The van der Waals surface area contributed by atoms with Crippen LogP contribution in [0.25, 0.3) is 0 Å². The van der Waals surface area contributed by atoms with Gasteiger partial charge in [0.05, 0.1) is 0 Å². The van der Waals surface area contributed by atoms with E-state index in [2.05, 4.69) is 28.5 Å². The fourth-order valence-corrected chi connectivity index (χ4v) is 3.29. The molecule has 1 aromatic carbocycles. The molecule has 23 heavy (non-hydrogen) atoms. The summed E-state index contributed by atoms with van der Waals surface area (Å²) in [6.45, 7) is 2.93. The molecule has 2 aliphatic rings. The van der Waals surface area contributed by atoms with E-state index in [9.17, 15) is 4.79 Å². The predicted octanol–water partition coefficient (Wildman–Crippen LogP) is 2.26. The maximum absolute atomic E-state index is 12.5. The molecule has 0 unspecified atom stereocenters. The molecule has 0 bridgehead atoms. The molecule has 0 aliphatic carbocycles. The number of amides is 1. The number of fused-ring (bicyclic) bond motifs is 2. The van der Waals surface area contributed by atoms with Gasteiger partial charge in [-0.1, -0.05) is 17.7 Å². The molecule has 1 atom stereocenters. The molecule has 1 amide bonds. The summed E-state index contributed by atoms with van der Waals surface area (Å²) in [5, 5.41) is 11.2. The van der Waals surface area contributed by atoms with E-state index < -0.39 is 6.10 Å². The van der Waals surface area contributed by atoms with Crippen LogP contribution in [0, 0.1) is 6.92 Å². The van der Waals surface area contributed by atoms with Gasteiger partial charge in [-0.2, -0.15) is 0 Å². The summed E-state index contributed by atoms with van der Waals surface area (Å²) < 4.78 is 7.87. The minimum atomic E-state index is -0.471. The number of rotatable bonds is 2. The maximum atomic E-state index is 12.5. The summed E-state index contributed by atoms with van der Waals surface area (Å²) >= 11 is 0. The number of hydrogen-bond acceptors (Lipinski definition) is 4. The number of anilines is 1. The largest absolute Gasteiger partial charge is 0.480 e. The van der Waals surface area contributed by atoms with E-state index in [0.29, 0.717) is 12.4 Å². The quantitative estimate of drug-likeness (QED) is 0.923. The number of carbonyl (C=O) groups is 1. The monoisotopic (exact) mass is 312 g/mol. The number of nitrogens with one attached hydrogen (secondary N) is 1. The van der Waals surface area contributed by atoms with Crippen LogP contribution in [0.3, 0.4) is 0 Å². The number of ether oxygens (including phenoxy) is 1.